The Bertz CT molecular complexity index is 1210. The van der Waals surface area contributed by atoms with Crippen LogP contribution in [0.2, 0.25) is 5.02 Å². The molecule has 2 aromatic rings. The fourth-order valence-corrected chi connectivity index (χ4v) is 4.22. The molecule has 1 aromatic carbocycles. The van der Waals surface area contributed by atoms with Crippen LogP contribution in [0.25, 0.3) is 0 Å². The number of fused-ring (bicyclic) bond motifs is 1. The van der Waals surface area contributed by atoms with Crippen molar-refractivity contribution in [2.75, 3.05) is 0 Å². The van der Waals surface area contributed by atoms with Gasteiger partial charge in [-0.05, 0) is 36.6 Å². The lowest BCUT2D eigenvalue weighted by Gasteiger charge is -2.29. The molecule has 1 saturated heterocycles. The highest BCUT2D eigenvalue weighted by atomic mass is 35.5. The highest BCUT2D eigenvalue weighted by Gasteiger charge is 2.40. The van der Waals surface area contributed by atoms with Crippen molar-refractivity contribution >= 4 is 35.2 Å². The van der Waals surface area contributed by atoms with Gasteiger partial charge in [0.25, 0.3) is 11.8 Å². The van der Waals surface area contributed by atoms with Crippen LogP contribution in [0.3, 0.4) is 0 Å². The van der Waals surface area contributed by atoms with E-state index < -0.39 is 17.9 Å². The number of imide groups is 1. The van der Waals surface area contributed by atoms with Crippen LogP contribution in [-0.4, -0.2) is 39.6 Å². The smallest absolute Gasteiger partial charge is 0.267 e. The van der Waals surface area contributed by atoms with E-state index >= 15 is 0 Å². The quantitative estimate of drug-likeness (QED) is 0.541. The molecule has 162 valence electrons. The number of carbonyl (C=O) groups excluding carboxylic acids is 4. The minimum absolute atomic E-state index is 0.179. The van der Waals surface area contributed by atoms with Gasteiger partial charge in [-0.25, -0.2) is 0 Å². The molecule has 8 nitrogen and oxygen atoms in total. The number of amides is 4. The van der Waals surface area contributed by atoms with E-state index in [-0.39, 0.29) is 36.9 Å². The number of aromatic nitrogens is 1. The van der Waals surface area contributed by atoms with Crippen molar-refractivity contribution < 1.29 is 19.2 Å². The second kappa shape index (κ2) is 8.81. The Morgan fingerprint density at radius 3 is 2.84 bits per heavy atom. The first-order chi connectivity index (χ1) is 15.4. The average molecular weight is 451 g/mol. The number of hydrogen-bond acceptors (Lipinski definition) is 5. The van der Waals surface area contributed by atoms with E-state index in [1.165, 1.54) is 11.1 Å². The molecule has 3 N–H and O–H groups in total. The van der Waals surface area contributed by atoms with E-state index in [2.05, 4.69) is 22.1 Å². The van der Waals surface area contributed by atoms with Crippen molar-refractivity contribution in [1.82, 2.24) is 15.2 Å². The lowest BCUT2D eigenvalue weighted by atomic mass is 10.0. The van der Waals surface area contributed by atoms with E-state index in [1.807, 2.05) is 0 Å². The van der Waals surface area contributed by atoms with E-state index in [1.54, 1.807) is 24.3 Å². The second-order valence-electron chi connectivity index (χ2n) is 7.53. The lowest BCUT2D eigenvalue weighted by Crippen LogP contribution is -2.52. The standard InChI is InChI=1S/C23H19ClN4O4/c24-16-8-7-13(4-1-2-5-14-6-3-11-26-20(14)21(25)30)15-12-28(23(32)19(15)16)17-9-10-18(29)27-22(17)31/h3,6-8,11,17H,2,5,9-10,12H2,(H2,25,30)(H,27,29,31). The van der Waals surface area contributed by atoms with Gasteiger partial charge in [0.2, 0.25) is 11.8 Å². The molecule has 0 bridgehead atoms. The zero-order valence-electron chi connectivity index (χ0n) is 17.0. The van der Waals surface area contributed by atoms with Crippen molar-refractivity contribution in [3.8, 4) is 11.8 Å². The number of pyridine rings is 1. The molecule has 9 heteroatoms. The van der Waals surface area contributed by atoms with Gasteiger partial charge in [-0.3, -0.25) is 29.5 Å². The Morgan fingerprint density at radius 2 is 2.09 bits per heavy atom. The van der Waals surface area contributed by atoms with Crippen molar-refractivity contribution in [2.45, 2.75) is 38.3 Å². The normalized spacial score (nSPS) is 17.5. The third kappa shape index (κ3) is 4.07. The monoisotopic (exact) mass is 450 g/mol. The van der Waals surface area contributed by atoms with Crippen LogP contribution in [0.4, 0.5) is 0 Å². The summed E-state index contributed by atoms with van der Waals surface area (Å²) in [5, 5.41) is 2.58. The number of hydrogen-bond donors (Lipinski definition) is 2. The van der Waals surface area contributed by atoms with Crippen LogP contribution in [0.1, 0.15) is 56.8 Å². The van der Waals surface area contributed by atoms with E-state index in [0.717, 1.165) is 5.56 Å². The van der Waals surface area contributed by atoms with Crippen molar-refractivity contribution in [3.63, 3.8) is 0 Å². The molecule has 2 aliphatic heterocycles. The number of nitrogens with one attached hydrogen (secondary N) is 1. The molecular formula is C23H19ClN4O4. The third-order valence-corrected chi connectivity index (χ3v) is 5.83. The zero-order valence-corrected chi connectivity index (χ0v) is 17.7. The highest BCUT2D eigenvalue weighted by molar-refractivity contribution is 6.34. The summed E-state index contributed by atoms with van der Waals surface area (Å²) in [5.74, 6) is 4.39. The molecule has 0 spiro atoms. The summed E-state index contributed by atoms with van der Waals surface area (Å²) in [5.41, 5.74) is 7.96. The number of rotatable bonds is 4. The molecule has 1 fully saturated rings. The van der Waals surface area contributed by atoms with Gasteiger partial charge in [-0.15, -0.1) is 0 Å². The van der Waals surface area contributed by atoms with Gasteiger partial charge in [0.05, 0.1) is 10.6 Å². The van der Waals surface area contributed by atoms with Crippen LogP contribution >= 0.6 is 11.6 Å². The van der Waals surface area contributed by atoms with Crippen molar-refractivity contribution in [2.24, 2.45) is 5.73 Å². The van der Waals surface area contributed by atoms with Gasteiger partial charge in [0.1, 0.15) is 11.7 Å². The molecule has 4 rings (SSSR count). The SMILES string of the molecule is NC(=O)c1ncccc1CCC#Cc1ccc(Cl)c2c1CN(C1CCC(=O)NC1=O)C2=O. The molecule has 1 unspecified atom stereocenters. The van der Waals surface area contributed by atoms with Crippen molar-refractivity contribution in [3.05, 3.63) is 63.4 Å². The van der Waals surface area contributed by atoms with Gasteiger partial charge >= 0.3 is 0 Å². The maximum absolute atomic E-state index is 13.0. The van der Waals surface area contributed by atoms with Crippen LogP contribution in [0, 0.1) is 11.8 Å². The van der Waals surface area contributed by atoms with Gasteiger partial charge in [0, 0.05) is 36.7 Å². The topological polar surface area (TPSA) is 122 Å². The number of piperidine rings is 1. The molecule has 32 heavy (non-hydrogen) atoms. The van der Waals surface area contributed by atoms with Gasteiger partial charge in [-0.2, -0.15) is 0 Å². The Morgan fingerprint density at radius 1 is 1.28 bits per heavy atom. The maximum atomic E-state index is 13.0. The second-order valence-corrected chi connectivity index (χ2v) is 7.93. The zero-order chi connectivity index (χ0) is 22.8. The van der Waals surface area contributed by atoms with Gasteiger partial charge in [-0.1, -0.05) is 29.5 Å². The number of nitrogens with two attached hydrogens (primary N) is 1. The van der Waals surface area contributed by atoms with E-state index in [4.69, 9.17) is 17.3 Å². The summed E-state index contributed by atoms with van der Waals surface area (Å²) >= 11 is 6.29. The molecule has 3 heterocycles. The van der Waals surface area contributed by atoms with Crippen LogP contribution in [0.5, 0.6) is 0 Å². The number of primary amides is 1. The summed E-state index contributed by atoms with van der Waals surface area (Å²) < 4.78 is 0. The first kappa shape index (κ1) is 21.5. The summed E-state index contributed by atoms with van der Waals surface area (Å²) in [7, 11) is 0. The third-order valence-electron chi connectivity index (χ3n) is 5.52. The Kier molecular flexibility index (Phi) is 5.93. The average Bonchev–Trinajstić information content (AvgIpc) is 3.11. The Balaban J connectivity index is 1.54. The molecule has 0 aliphatic carbocycles. The predicted octanol–water partition coefficient (Wildman–Crippen LogP) is 1.58. The van der Waals surface area contributed by atoms with Crippen LogP contribution < -0.4 is 11.1 Å². The van der Waals surface area contributed by atoms with Gasteiger partial charge < -0.3 is 10.6 Å². The number of aryl methyl sites for hydroxylation is 1. The fraction of sp³-hybridized carbons (Fsp3) is 0.261. The Hall–Kier alpha value is -3.70. The summed E-state index contributed by atoms with van der Waals surface area (Å²) in [6.45, 7) is 0.194. The predicted molar refractivity (Wildman–Crippen MR) is 115 cm³/mol. The fourth-order valence-electron chi connectivity index (χ4n) is 3.97. The minimum Gasteiger partial charge on any atom is -0.364 e. The molecule has 2 aliphatic rings. The summed E-state index contributed by atoms with van der Waals surface area (Å²) in [6.07, 6.45) is 2.91. The summed E-state index contributed by atoms with van der Waals surface area (Å²) in [4.78, 5) is 53.6. The largest absolute Gasteiger partial charge is 0.364 e. The van der Waals surface area contributed by atoms with E-state index in [9.17, 15) is 19.2 Å². The minimum atomic E-state index is -0.720. The first-order valence-electron chi connectivity index (χ1n) is 10.1. The summed E-state index contributed by atoms with van der Waals surface area (Å²) in [6, 6.07) is 6.15. The molecule has 1 atom stereocenters. The number of carbonyl (C=O) groups is 4. The van der Waals surface area contributed by atoms with Gasteiger partial charge in [0.15, 0.2) is 0 Å². The lowest BCUT2D eigenvalue weighted by molar-refractivity contribution is -0.136. The molecular weight excluding hydrogens is 432 g/mol. The molecule has 4 amide bonds. The van der Waals surface area contributed by atoms with Crippen LogP contribution in [-0.2, 0) is 22.6 Å². The van der Waals surface area contributed by atoms with Crippen molar-refractivity contribution in [1.29, 1.82) is 0 Å². The number of benzene rings is 1. The van der Waals surface area contributed by atoms with Crippen LogP contribution in [0.15, 0.2) is 30.5 Å². The Labute approximate surface area is 189 Å². The molecule has 1 aromatic heterocycles. The number of halogens is 1. The highest BCUT2D eigenvalue weighted by Crippen LogP contribution is 2.34. The number of nitrogens with zero attached hydrogens (tertiary/aromatic N) is 2. The van der Waals surface area contributed by atoms with E-state index in [0.29, 0.717) is 34.6 Å². The molecule has 0 radical (unpaired) electrons. The maximum Gasteiger partial charge on any atom is 0.267 e. The first-order valence-corrected chi connectivity index (χ1v) is 10.4. The molecule has 0 saturated carbocycles.